The fourth-order valence-electron chi connectivity index (χ4n) is 3.33. The first kappa shape index (κ1) is 25.8. The fraction of sp³-hybridized carbons (Fsp3) is 0.571. The summed E-state index contributed by atoms with van der Waals surface area (Å²) in [6, 6.07) is 2.44. The van der Waals surface area contributed by atoms with Crippen molar-refractivity contribution >= 4 is 17.9 Å². The third-order valence-corrected chi connectivity index (χ3v) is 4.88. The molecular formula is C21H26F6N2O3. The standard InChI is InChI=1S/C21H26F6N2O3/c1-5-6-14-13-15(19(31,20(22,23)24)21(25,26)27)7-8-16(14)28-9-11-29(12-10-28)17(30)32-18(2,3)4/h5-8,13,31H,9-12H2,1-4H3. The number of rotatable bonds is 3. The van der Waals surface area contributed by atoms with E-state index in [1.54, 1.807) is 32.6 Å². The molecule has 0 saturated carbocycles. The number of halogens is 6. The molecule has 0 bridgehead atoms. The van der Waals surface area contributed by atoms with E-state index >= 15 is 0 Å². The predicted octanol–water partition coefficient (Wildman–Crippen LogP) is 5.09. The second-order valence-corrected chi connectivity index (χ2v) is 8.43. The lowest BCUT2D eigenvalue weighted by Crippen LogP contribution is -2.54. The van der Waals surface area contributed by atoms with Crippen LogP contribution in [0.3, 0.4) is 0 Å². The summed E-state index contributed by atoms with van der Waals surface area (Å²) in [6.07, 6.45) is -9.58. The average Bonchev–Trinajstić information content (AvgIpc) is 2.64. The van der Waals surface area contributed by atoms with E-state index in [1.807, 2.05) is 0 Å². The van der Waals surface area contributed by atoms with Gasteiger partial charge in [-0.05, 0) is 45.4 Å². The molecule has 1 aromatic rings. The Morgan fingerprint density at radius 1 is 1.00 bits per heavy atom. The largest absolute Gasteiger partial charge is 0.444 e. The van der Waals surface area contributed by atoms with E-state index < -0.39 is 35.2 Å². The summed E-state index contributed by atoms with van der Waals surface area (Å²) in [7, 11) is 0. The molecule has 180 valence electrons. The Kier molecular flexibility index (Phi) is 7.13. The summed E-state index contributed by atoms with van der Waals surface area (Å²) >= 11 is 0. The van der Waals surface area contributed by atoms with Crippen molar-refractivity contribution < 1.29 is 41.0 Å². The van der Waals surface area contributed by atoms with Crippen LogP contribution in [0.1, 0.15) is 38.8 Å². The minimum atomic E-state index is -5.96. The molecule has 1 heterocycles. The van der Waals surface area contributed by atoms with Crippen LogP contribution in [0.2, 0.25) is 0 Å². The quantitative estimate of drug-likeness (QED) is 0.628. The molecule has 1 amide bonds. The Morgan fingerprint density at radius 2 is 1.53 bits per heavy atom. The second kappa shape index (κ2) is 8.84. The van der Waals surface area contributed by atoms with Gasteiger partial charge in [-0.2, -0.15) is 26.3 Å². The van der Waals surface area contributed by atoms with Crippen LogP contribution in [0.25, 0.3) is 6.08 Å². The van der Waals surface area contributed by atoms with Crippen LogP contribution >= 0.6 is 0 Å². The topological polar surface area (TPSA) is 53.0 Å². The number of alkyl halides is 6. The Morgan fingerprint density at radius 3 is 1.97 bits per heavy atom. The number of amides is 1. The molecular weight excluding hydrogens is 442 g/mol. The summed E-state index contributed by atoms with van der Waals surface area (Å²) in [6.45, 7) is 7.88. The Hall–Kier alpha value is -2.43. The van der Waals surface area contributed by atoms with E-state index in [0.717, 1.165) is 6.07 Å². The van der Waals surface area contributed by atoms with Gasteiger partial charge in [-0.1, -0.05) is 18.2 Å². The molecule has 1 fully saturated rings. The first-order valence-corrected chi connectivity index (χ1v) is 9.87. The molecule has 5 nitrogen and oxygen atoms in total. The number of carbonyl (C=O) groups excluding carboxylic acids is 1. The van der Waals surface area contributed by atoms with Gasteiger partial charge in [0, 0.05) is 37.4 Å². The maximum Gasteiger partial charge on any atom is 0.430 e. The molecule has 1 aliphatic rings. The summed E-state index contributed by atoms with van der Waals surface area (Å²) in [5, 5.41) is 9.69. The lowest BCUT2D eigenvalue weighted by molar-refractivity contribution is -0.376. The van der Waals surface area contributed by atoms with Gasteiger partial charge in [0.15, 0.2) is 0 Å². The van der Waals surface area contributed by atoms with Gasteiger partial charge in [0.2, 0.25) is 0 Å². The van der Waals surface area contributed by atoms with Crippen molar-refractivity contribution in [1.82, 2.24) is 4.90 Å². The molecule has 0 atom stereocenters. The summed E-state index contributed by atoms with van der Waals surface area (Å²) < 4.78 is 84.8. The summed E-state index contributed by atoms with van der Waals surface area (Å²) in [5.74, 6) is 0. The molecule has 0 unspecified atom stereocenters. The number of anilines is 1. The zero-order valence-corrected chi connectivity index (χ0v) is 18.1. The SMILES string of the molecule is CC=Cc1cc(C(O)(C(F)(F)F)C(F)(F)F)ccc1N1CCN(C(=O)OC(C)(C)C)CC1. The van der Waals surface area contributed by atoms with E-state index in [-0.39, 0.29) is 18.7 Å². The molecule has 1 saturated heterocycles. The molecule has 1 N–H and O–H groups in total. The third-order valence-electron chi connectivity index (χ3n) is 4.88. The van der Waals surface area contributed by atoms with Gasteiger partial charge in [-0.15, -0.1) is 0 Å². The van der Waals surface area contributed by atoms with Crippen molar-refractivity contribution in [3.8, 4) is 0 Å². The molecule has 0 radical (unpaired) electrons. The number of nitrogens with zero attached hydrogens (tertiary/aromatic N) is 2. The lowest BCUT2D eigenvalue weighted by atomic mass is 9.90. The van der Waals surface area contributed by atoms with E-state index in [0.29, 0.717) is 30.9 Å². The van der Waals surface area contributed by atoms with Gasteiger partial charge in [-0.25, -0.2) is 4.79 Å². The highest BCUT2D eigenvalue weighted by Gasteiger charge is 2.71. The Bertz CT molecular complexity index is 837. The molecule has 2 rings (SSSR count). The number of aliphatic hydroxyl groups is 1. The number of piperazine rings is 1. The molecule has 0 aliphatic carbocycles. The normalized spacial score (nSPS) is 16.6. The van der Waals surface area contributed by atoms with Gasteiger partial charge in [0.25, 0.3) is 5.60 Å². The Balaban J connectivity index is 2.33. The van der Waals surface area contributed by atoms with Crippen LogP contribution < -0.4 is 4.90 Å². The number of hydrogen-bond donors (Lipinski definition) is 1. The van der Waals surface area contributed by atoms with Gasteiger partial charge in [-0.3, -0.25) is 0 Å². The van der Waals surface area contributed by atoms with Crippen LogP contribution in [0.5, 0.6) is 0 Å². The van der Waals surface area contributed by atoms with E-state index in [4.69, 9.17) is 4.74 Å². The number of allylic oxidation sites excluding steroid dienone is 1. The highest BCUT2D eigenvalue weighted by Crippen LogP contribution is 2.50. The van der Waals surface area contributed by atoms with E-state index in [1.165, 1.54) is 17.1 Å². The summed E-state index contributed by atoms with van der Waals surface area (Å²) in [4.78, 5) is 15.4. The highest BCUT2D eigenvalue weighted by molar-refractivity contribution is 5.71. The predicted molar refractivity (Wildman–Crippen MR) is 107 cm³/mol. The van der Waals surface area contributed by atoms with Gasteiger partial charge < -0.3 is 19.6 Å². The van der Waals surface area contributed by atoms with Crippen molar-refractivity contribution in [2.45, 2.75) is 51.2 Å². The number of carbonyl (C=O) groups is 1. The summed E-state index contributed by atoms with van der Waals surface area (Å²) in [5.41, 5.74) is -6.51. The van der Waals surface area contributed by atoms with E-state index in [9.17, 15) is 36.2 Å². The highest BCUT2D eigenvalue weighted by atomic mass is 19.4. The maximum atomic E-state index is 13.2. The maximum absolute atomic E-state index is 13.2. The molecule has 11 heteroatoms. The van der Waals surface area contributed by atoms with Crippen molar-refractivity contribution in [1.29, 1.82) is 0 Å². The second-order valence-electron chi connectivity index (χ2n) is 8.43. The zero-order valence-electron chi connectivity index (χ0n) is 18.1. The lowest BCUT2D eigenvalue weighted by Gasteiger charge is -2.38. The smallest absolute Gasteiger partial charge is 0.430 e. The molecule has 1 aromatic carbocycles. The first-order valence-electron chi connectivity index (χ1n) is 9.87. The number of ether oxygens (including phenoxy) is 1. The van der Waals surface area contributed by atoms with Crippen LogP contribution in [0, 0.1) is 0 Å². The molecule has 32 heavy (non-hydrogen) atoms. The molecule has 0 spiro atoms. The zero-order chi connectivity index (χ0) is 24.5. The van der Waals surface area contributed by atoms with Crippen LogP contribution in [-0.2, 0) is 10.3 Å². The molecule has 1 aliphatic heterocycles. The molecule has 0 aromatic heterocycles. The monoisotopic (exact) mass is 468 g/mol. The van der Waals surface area contributed by atoms with Crippen molar-refractivity contribution in [2.75, 3.05) is 31.1 Å². The first-order chi connectivity index (χ1) is 14.5. The van der Waals surface area contributed by atoms with Crippen molar-refractivity contribution in [2.24, 2.45) is 0 Å². The third kappa shape index (κ3) is 5.31. The minimum Gasteiger partial charge on any atom is -0.444 e. The minimum absolute atomic E-state index is 0.0858. The van der Waals surface area contributed by atoms with Crippen molar-refractivity contribution in [3.63, 3.8) is 0 Å². The van der Waals surface area contributed by atoms with E-state index in [2.05, 4.69) is 0 Å². The number of hydrogen-bond acceptors (Lipinski definition) is 4. The van der Waals surface area contributed by atoms with Gasteiger partial charge in [0.05, 0.1) is 0 Å². The fourth-order valence-corrected chi connectivity index (χ4v) is 3.33. The number of benzene rings is 1. The van der Waals surface area contributed by atoms with Crippen LogP contribution in [0.4, 0.5) is 36.8 Å². The van der Waals surface area contributed by atoms with Crippen LogP contribution in [0.15, 0.2) is 24.3 Å². The Labute approximate surface area is 182 Å². The average molecular weight is 468 g/mol. The van der Waals surface area contributed by atoms with Gasteiger partial charge >= 0.3 is 18.4 Å². The van der Waals surface area contributed by atoms with Crippen LogP contribution in [-0.4, -0.2) is 60.2 Å². The van der Waals surface area contributed by atoms with Crippen molar-refractivity contribution in [3.05, 3.63) is 35.4 Å². The van der Waals surface area contributed by atoms with Gasteiger partial charge in [0.1, 0.15) is 5.60 Å².